The average Bonchev–Trinajstić information content (AvgIpc) is 2.75. The van der Waals surface area contributed by atoms with Crippen molar-refractivity contribution in [3.8, 4) is 0 Å². The van der Waals surface area contributed by atoms with Crippen LogP contribution in [0.15, 0.2) is 51.1 Å². The van der Waals surface area contributed by atoms with E-state index < -0.39 is 54.2 Å². The Kier molecular flexibility index (Phi) is 8.77. The first-order chi connectivity index (χ1) is 14.9. The molecule has 4 N–H and O–H groups in total. The van der Waals surface area contributed by atoms with Crippen molar-refractivity contribution in [1.29, 1.82) is 0 Å². The van der Waals surface area contributed by atoms with E-state index in [1.807, 2.05) is 6.92 Å². The van der Waals surface area contributed by atoms with Crippen molar-refractivity contribution in [3.63, 3.8) is 0 Å². The molecule has 1 amide bonds. The molecule has 0 saturated carbocycles. The van der Waals surface area contributed by atoms with Gasteiger partial charge in [0.1, 0.15) is 0 Å². The van der Waals surface area contributed by atoms with Crippen LogP contribution in [0.1, 0.15) is 42.1 Å². The number of carbonyl (C=O) groups excluding carboxylic acids is 1. The molecule has 1 radical (unpaired) electrons. The summed E-state index contributed by atoms with van der Waals surface area (Å²) in [4.78, 5) is 10.7. The minimum Gasteiger partial charge on any atom is -0.450 e. The van der Waals surface area contributed by atoms with Gasteiger partial charge in [-0.2, -0.15) is 22.3 Å². The molecule has 2 aromatic rings. The molecule has 0 aliphatic rings. The fourth-order valence-electron chi connectivity index (χ4n) is 2.79. The van der Waals surface area contributed by atoms with Crippen molar-refractivity contribution in [2.45, 2.75) is 47.0 Å². The molecule has 13 heteroatoms. The number of sulfone groups is 1. The predicted molar refractivity (Wildman–Crippen MR) is 114 cm³/mol. The Morgan fingerprint density at radius 3 is 2.28 bits per heavy atom. The molecular weight excluding hydrogens is 470 g/mol. The van der Waals surface area contributed by atoms with Crippen molar-refractivity contribution in [2.24, 2.45) is 0 Å². The van der Waals surface area contributed by atoms with Gasteiger partial charge in [0.15, 0.2) is 0 Å². The van der Waals surface area contributed by atoms with Crippen molar-refractivity contribution in [1.82, 2.24) is 5.32 Å². The van der Waals surface area contributed by atoms with Gasteiger partial charge < -0.3 is 10.3 Å². The quantitative estimate of drug-likeness (QED) is 0.243. The van der Waals surface area contributed by atoms with E-state index in [9.17, 15) is 35.5 Å². The zero-order chi connectivity index (χ0) is 24.1. The van der Waals surface area contributed by atoms with Crippen molar-refractivity contribution in [3.05, 3.63) is 47.5 Å². The summed E-state index contributed by atoms with van der Waals surface area (Å²) in [7, 11) is -4.29. The molecule has 0 spiro atoms. The topological polar surface area (TPSA) is 124 Å². The summed E-state index contributed by atoms with van der Waals surface area (Å²) >= 11 is -2.41. The fraction of sp³-hybridized carbons (Fsp3) is 0.316. The van der Waals surface area contributed by atoms with Gasteiger partial charge in [0.05, 0.1) is 15.4 Å². The molecule has 0 bridgehead atoms. The fourth-order valence-corrected chi connectivity index (χ4v) is 4.74. The van der Waals surface area contributed by atoms with Crippen molar-refractivity contribution >= 4 is 40.1 Å². The van der Waals surface area contributed by atoms with Crippen LogP contribution in [-0.4, -0.2) is 42.5 Å². The molecule has 0 aromatic heterocycles. The molecular formula is C19H21BF3NO6S2+. The van der Waals surface area contributed by atoms with E-state index in [1.54, 1.807) is 0 Å². The SMILES string of the molecule is CCCCCNC(=O)c1cc([S+](O)O)cc(S(=O)(=O)c2cc([B]O)cc(C(F)(F)F)c2)c1. The summed E-state index contributed by atoms with van der Waals surface area (Å²) in [5.41, 5.74) is -1.89. The number of unbranched alkanes of at least 4 members (excludes halogenated alkanes) is 2. The van der Waals surface area contributed by atoms with E-state index in [2.05, 4.69) is 5.32 Å². The molecule has 32 heavy (non-hydrogen) atoms. The smallest absolute Gasteiger partial charge is 0.416 e. The normalized spacial score (nSPS) is 12.1. The molecule has 0 atom stereocenters. The third-order valence-electron chi connectivity index (χ3n) is 4.44. The number of benzene rings is 2. The molecule has 0 fully saturated rings. The standard InChI is InChI=1S/C19H20BF3NO6S2/c1-2-3-4-5-24-18(25)12-6-15(31(27)28)11-16(7-12)32(29,30)17-9-13(19(21,22)23)8-14(10-17)20-26/h6-11,26-28H,2-5H2,1H3/p+1. The number of nitrogens with one attached hydrogen (secondary N) is 1. The molecule has 7 nitrogen and oxygen atoms in total. The Labute approximate surface area is 187 Å². The van der Waals surface area contributed by atoms with Crippen LogP contribution in [0.2, 0.25) is 0 Å². The lowest BCUT2D eigenvalue weighted by molar-refractivity contribution is -0.137. The predicted octanol–water partition coefficient (Wildman–Crippen LogP) is 2.62. The third kappa shape index (κ3) is 6.48. The lowest BCUT2D eigenvalue weighted by Gasteiger charge is -2.13. The van der Waals surface area contributed by atoms with Gasteiger partial charge in [-0.05, 0) is 24.6 Å². The zero-order valence-corrected chi connectivity index (χ0v) is 18.5. The number of amides is 1. The second kappa shape index (κ2) is 10.7. The maximum Gasteiger partial charge on any atom is 0.416 e. The monoisotopic (exact) mass is 491 g/mol. The van der Waals surface area contributed by atoms with Crippen LogP contribution in [0.3, 0.4) is 0 Å². The van der Waals surface area contributed by atoms with Crippen LogP contribution in [0.5, 0.6) is 0 Å². The minimum atomic E-state index is -4.88. The Morgan fingerprint density at radius 2 is 1.72 bits per heavy atom. The number of halogens is 3. The number of hydrogen-bond acceptors (Lipinski definition) is 6. The maximum absolute atomic E-state index is 13.2. The first-order valence-electron chi connectivity index (χ1n) is 9.40. The van der Waals surface area contributed by atoms with E-state index in [0.717, 1.165) is 37.1 Å². The van der Waals surface area contributed by atoms with Gasteiger partial charge in [-0.1, -0.05) is 31.3 Å². The van der Waals surface area contributed by atoms with Crippen LogP contribution in [-0.2, 0) is 27.5 Å². The molecule has 0 aliphatic carbocycles. The first-order valence-corrected chi connectivity index (χ1v) is 12.0. The lowest BCUT2D eigenvalue weighted by atomic mass is 9.87. The van der Waals surface area contributed by atoms with Gasteiger partial charge >= 0.3 is 25.1 Å². The van der Waals surface area contributed by atoms with E-state index in [0.29, 0.717) is 32.6 Å². The number of rotatable bonds is 9. The van der Waals surface area contributed by atoms with Gasteiger partial charge in [-0.3, -0.25) is 4.79 Å². The summed E-state index contributed by atoms with van der Waals surface area (Å²) in [6, 6.07) is 4.72. The molecule has 2 rings (SSSR count). The molecule has 2 aromatic carbocycles. The summed E-state index contributed by atoms with van der Waals surface area (Å²) in [6.07, 6.45) is -2.42. The summed E-state index contributed by atoms with van der Waals surface area (Å²) in [5.74, 6) is -0.668. The van der Waals surface area contributed by atoms with Crippen molar-refractivity contribution in [2.75, 3.05) is 6.54 Å². The summed E-state index contributed by atoms with van der Waals surface area (Å²) < 4.78 is 84.8. The Bertz CT molecular complexity index is 1080. The van der Waals surface area contributed by atoms with E-state index in [1.165, 1.54) is 0 Å². The van der Waals surface area contributed by atoms with Crippen molar-refractivity contribution < 1.29 is 40.5 Å². The van der Waals surface area contributed by atoms with Gasteiger partial charge in [0.25, 0.3) is 5.91 Å². The van der Waals surface area contributed by atoms with Gasteiger partial charge in [0, 0.05) is 24.2 Å². The highest BCUT2D eigenvalue weighted by Gasteiger charge is 2.34. The minimum absolute atomic E-state index is 0.195. The van der Waals surface area contributed by atoms with Gasteiger partial charge in [0.2, 0.25) is 14.7 Å². The highest BCUT2D eigenvalue weighted by Crippen LogP contribution is 2.32. The second-order valence-corrected chi connectivity index (χ2v) is 9.79. The highest BCUT2D eigenvalue weighted by molar-refractivity contribution is 7.91. The lowest BCUT2D eigenvalue weighted by Crippen LogP contribution is -2.25. The van der Waals surface area contributed by atoms with E-state index in [4.69, 9.17) is 5.02 Å². The Hall–Kier alpha value is -2.06. The molecule has 0 saturated heterocycles. The molecule has 0 heterocycles. The Balaban J connectivity index is 2.56. The summed E-state index contributed by atoms with van der Waals surface area (Å²) in [6.45, 7) is 2.28. The van der Waals surface area contributed by atoms with E-state index in [-0.39, 0.29) is 10.5 Å². The first kappa shape index (κ1) is 26.2. The van der Waals surface area contributed by atoms with Gasteiger partial charge in [-0.15, -0.1) is 0 Å². The zero-order valence-electron chi connectivity index (χ0n) is 16.9. The van der Waals surface area contributed by atoms with Crippen LogP contribution in [0, 0.1) is 0 Å². The van der Waals surface area contributed by atoms with Crippen LogP contribution in [0.4, 0.5) is 13.2 Å². The largest absolute Gasteiger partial charge is 0.450 e. The highest BCUT2D eigenvalue weighted by atomic mass is 32.2. The molecule has 0 aliphatic heterocycles. The molecule has 173 valence electrons. The number of carbonyl (C=O) groups is 1. The van der Waals surface area contributed by atoms with Crippen LogP contribution < -0.4 is 10.8 Å². The average molecular weight is 491 g/mol. The number of hydrogen-bond donors (Lipinski definition) is 4. The Morgan fingerprint density at radius 1 is 1.06 bits per heavy atom. The van der Waals surface area contributed by atoms with E-state index >= 15 is 0 Å². The van der Waals surface area contributed by atoms with Crippen LogP contribution in [0.25, 0.3) is 0 Å². The van der Waals surface area contributed by atoms with Gasteiger partial charge in [-0.25, -0.2) is 8.42 Å². The number of alkyl halides is 3. The molecule has 0 unspecified atom stereocenters. The third-order valence-corrected chi connectivity index (χ3v) is 6.81. The summed E-state index contributed by atoms with van der Waals surface area (Å²) in [5, 5.41) is 11.7. The maximum atomic E-state index is 13.2. The van der Waals surface area contributed by atoms with Crippen LogP contribution >= 0.6 is 0 Å². The second-order valence-electron chi connectivity index (χ2n) is 6.84.